The van der Waals surface area contributed by atoms with Gasteiger partial charge in [0.05, 0.1) is 38.5 Å². The summed E-state index contributed by atoms with van der Waals surface area (Å²) in [4.78, 5) is 16.3. The van der Waals surface area contributed by atoms with Gasteiger partial charge in [-0.15, -0.1) is 10.2 Å². The average molecular weight is 592 g/mol. The Morgan fingerprint density at radius 3 is 2.57 bits per heavy atom. The number of carbonyl (C=O) groups excluding carboxylic acids is 1. The third kappa shape index (κ3) is 5.07. The van der Waals surface area contributed by atoms with E-state index in [2.05, 4.69) is 10.2 Å². The Labute approximate surface area is 238 Å². The molecule has 0 saturated carbocycles. The first-order valence-electron chi connectivity index (χ1n) is 13.7. The zero-order valence-corrected chi connectivity index (χ0v) is 22.9. The molecule has 1 unspecified atom stereocenters. The lowest BCUT2D eigenvalue weighted by atomic mass is 9.75. The molecule has 0 radical (unpaired) electrons. The molecule has 8 nitrogen and oxygen atoms in total. The molecule has 0 aliphatic carbocycles. The topological polar surface area (TPSA) is 83.7 Å². The zero-order valence-electron chi connectivity index (χ0n) is 22.9. The Bertz CT molecular complexity index is 1500. The molecule has 0 spiro atoms. The Morgan fingerprint density at radius 2 is 1.95 bits per heavy atom. The van der Waals surface area contributed by atoms with Crippen molar-refractivity contribution < 1.29 is 36.6 Å². The number of aliphatic hydroxyl groups excluding tert-OH is 1. The van der Waals surface area contributed by atoms with Crippen LogP contribution in [0.3, 0.4) is 0 Å². The number of hydrogen-bond donors (Lipinski definition) is 1. The van der Waals surface area contributed by atoms with E-state index in [-0.39, 0.29) is 42.7 Å². The van der Waals surface area contributed by atoms with Crippen LogP contribution in [0.15, 0.2) is 42.7 Å². The van der Waals surface area contributed by atoms with Crippen LogP contribution in [0.2, 0.25) is 0 Å². The number of nitrogens with zero attached hydrogens (tertiary/aromatic N) is 5. The van der Waals surface area contributed by atoms with Crippen LogP contribution in [0.1, 0.15) is 44.9 Å². The number of likely N-dealkylation sites (tertiary alicyclic amines) is 1. The fraction of sp³-hybridized carbons (Fsp3) is 0.483. The summed E-state index contributed by atoms with van der Waals surface area (Å²) in [7, 11) is 1.84. The summed E-state index contributed by atoms with van der Waals surface area (Å²) in [5.41, 5.74) is -0.0971. The lowest BCUT2D eigenvalue weighted by Crippen LogP contribution is -2.49. The number of halogens is 5. The van der Waals surface area contributed by atoms with Crippen LogP contribution in [-0.4, -0.2) is 69.5 Å². The number of anilines is 1. The summed E-state index contributed by atoms with van der Waals surface area (Å²) in [5.74, 6) is -4.17. The van der Waals surface area contributed by atoms with E-state index in [1.54, 1.807) is 18.5 Å². The SMILES string of the molecule is Cn1cnnc1CC1(c2cccc(N3Cc4c(cc(CN5CCC(CO)C(F)(F)C5)cc4C(F)(F)F)C3=O)c2)COC1. The standard InChI is InChI=1S/C29H30F5N5O3/c1-37-17-35-36-25(37)10-27(15-42-16-27)19-3-2-4-21(9-19)39-12-23-22(26(39)41)7-18(8-24(23)29(32,33)34)11-38-6-5-20(13-40)28(30,31)14-38/h2-4,7-9,17,20,40H,5-6,10-16H2,1H3. The molecule has 4 heterocycles. The maximum Gasteiger partial charge on any atom is 0.416 e. The lowest BCUT2D eigenvalue weighted by Gasteiger charge is -2.42. The third-order valence-corrected chi connectivity index (χ3v) is 8.69. The van der Waals surface area contributed by atoms with Crippen molar-refractivity contribution in [1.29, 1.82) is 0 Å². The van der Waals surface area contributed by atoms with Crippen LogP contribution in [0.25, 0.3) is 0 Å². The van der Waals surface area contributed by atoms with Gasteiger partial charge in [0.15, 0.2) is 0 Å². The number of ether oxygens (including phenoxy) is 1. The molecule has 42 heavy (non-hydrogen) atoms. The molecule has 3 aromatic rings. The van der Waals surface area contributed by atoms with Gasteiger partial charge in [0.25, 0.3) is 11.8 Å². The third-order valence-electron chi connectivity index (χ3n) is 8.69. The Balaban J connectivity index is 1.29. The number of amides is 1. The molecule has 0 bridgehead atoms. The smallest absolute Gasteiger partial charge is 0.396 e. The first kappa shape index (κ1) is 28.7. The summed E-state index contributed by atoms with van der Waals surface area (Å²) >= 11 is 0. The minimum atomic E-state index is -4.74. The largest absolute Gasteiger partial charge is 0.416 e. The second-order valence-electron chi connectivity index (χ2n) is 11.6. The van der Waals surface area contributed by atoms with Crippen LogP contribution in [0, 0.1) is 5.92 Å². The second kappa shape index (κ2) is 10.4. The Morgan fingerprint density at radius 1 is 1.17 bits per heavy atom. The van der Waals surface area contributed by atoms with Crippen LogP contribution >= 0.6 is 0 Å². The number of aryl methyl sites for hydroxylation is 1. The molecular formula is C29H30F5N5O3. The number of aliphatic hydroxyl groups is 1. The number of hydrogen-bond acceptors (Lipinski definition) is 6. The van der Waals surface area contributed by atoms with E-state index in [4.69, 9.17) is 4.74 Å². The normalized spacial score (nSPS) is 21.8. The van der Waals surface area contributed by atoms with Gasteiger partial charge in [-0.05, 0) is 53.9 Å². The van der Waals surface area contributed by atoms with Crippen LogP contribution in [-0.2, 0) is 42.9 Å². The summed E-state index contributed by atoms with van der Waals surface area (Å²) < 4.78 is 79.0. The highest BCUT2D eigenvalue weighted by atomic mass is 19.4. The number of benzene rings is 2. The molecule has 2 aromatic carbocycles. The van der Waals surface area contributed by atoms with Gasteiger partial charge >= 0.3 is 6.18 Å². The first-order valence-corrected chi connectivity index (χ1v) is 13.7. The molecule has 1 amide bonds. The quantitative estimate of drug-likeness (QED) is 0.419. The van der Waals surface area contributed by atoms with Crippen molar-refractivity contribution in [2.75, 3.05) is 37.8 Å². The average Bonchev–Trinajstić information content (AvgIpc) is 3.47. The molecule has 224 valence electrons. The molecule has 1 atom stereocenters. The van der Waals surface area contributed by atoms with Crippen LogP contribution in [0.4, 0.5) is 27.6 Å². The molecule has 13 heteroatoms. The maximum atomic E-state index is 14.4. The van der Waals surface area contributed by atoms with E-state index < -0.39 is 48.1 Å². The van der Waals surface area contributed by atoms with Crippen molar-refractivity contribution >= 4 is 11.6 Å². The molecule has 2 saturated heterocycles. The highest BCUT2D eigenvalue weighted by Gasteiger charge is 2.46. The molecule has 3 aliphatic heterocycles. The molecule has 3 aliphatic rings. The number of aromatic nitrogens is 3. The van der Waals surface area contributed by atoms with E-state index in [0.29, 0.717) is 25.3 Å². The van der Waals surface area contributed by atoms with E-state index in [0.717, 1.165) is 17.5 Å². The fourth-order valence-electron chi connectivity index (χ4n) is 6.19. The predicted octanol–water partition coefficient (Wildman–Crippen LogP) is 3.95. The molecule has 1 N–H and O–H groups in total. The van der Waals surface area contributed by atoms with Gasteiger partial charge in [-0.1, -0.05) is 12.1 Å². The van der Waals surface area contributed by atoms with E-state index >= 15 is 0 Å². The van der Waals surface area contributed by atoms with Crippen molar-refractivity contribution in [3.05, 3.63) is 76.4 Å². The van der Waals surface area contributed by atoms with Gasteiger partial charge < -0.3 is 19.3 Å². The highest BCUT2D eigenvalue weighted by molar-refractivity contribution is 6.10. The summed E-state index contributed by atoms with van der Waals surface area (Å²) in [5, 5.41) is 17.4. The number of fused-ring (bicyclic) bond motifs is 1. The van der Waals surface area contributed by atoms with Gasteiger partial charge in [-0.25, -0.2) is 8.78 Å². The summed E-state index contributed by atoms with van der Waals surface area (Å²) in [6.07, 6.45) is -2.58. The Hall–Kier alpha value is -3.42. The van der Waals surface area contributed by atoms with Crippen molar-refractivity contribution in [1.82, 2.24) is 19.7 Å². The van der Waals surface area contributed by atoms with Gasteiger partial charge in [0, 0.05) is 42.6 Å². The van der Waals surface area contributed by atoms with Gasteiger partial charge in [0.1, 0.15) is 12.2 Å². The van der Waals surface area contributed by atoms with Crippen LogP contribution in [0.5, 0.6) is 0 Å². The minimum Gasteiger partial charge on any atom is -0.396 e. The Kier molecular flexibility index (Phi) is 7.09. The number of rotatable bonds is 7. The molecule has 2 fully saturated rings. The van der Waals surface area contributed by atoms with Crippen molar-refractivity contribution in [3.63, 3.8) is 0 Å². The first-order chi connectivity index (χ1) is 19.9. The summed E-state index contributed by atoms with van der Waals surface area (Å²) in [6.45, 7) is -0.717. The lowest BCUT2D eigenvalue weighted by molar-refractivity contribution is -0.138. The second-order valence-corrected chi connectivity index (χ2v) is 11.6. The van der Waals surface area contributed by atoms with Crippen molar-refractivity contribution in [3.8, 4) is 0 Å². The van der Waals surface area contributed by atoms with Crippen molar-refractivity contribution in [2.24, 2.45) is 13.0 Å². The highest BCUT2D eigenvalue weighted by Crippen LogP contribution is 2.42. The maximum absolute atomic E-state index is 14.4. The molecular weight excluding hydrogens is 561 g/mol. The molecule has 1 aromatic heterocycles. The molecule has 6 rings (SSSR count). The van der Waals surface area contributed by atoms with Crippen LogP contribution < -0.4 is 4.90 Å². The number of alkyl halides is 5. The van der Waals surface area contributed by atoms with Gasteiger partial charge in [-0.3, -0.25) is 9.69 Å². The number of carbonyl (C=O) groups is 1. The van der Waals surface area contributed by atoms with E-state index in [1.165, 1.54) is 15.9 Å². The van der Waals surface area contributed by atoms with Gasteiger partial charge in [0.2, 0.25) is 0 Å². The minimum absolute atomic E-state index is 0.0206. The number of piperidine rings is 1. The monoisotopic (exact) mass is 591 g/mol. The van der Waals surface area contributed by atoms with E-state index in [9.17, 15) is 31.9 Å². The zero-order chi connectivity index (χ0) is 29.9. The van der Waals surface area contributed by atoms with Gasteiger partial charge in [-0.2, -0.15) is 13.2 Å². The summed E-state index contributed by atoms with van der Waals surface area (Å²) in [6, 6.07) is 9.52. The van der Waals surface area contributed by atoms with E-state index in [1.807, 2.05) is 23.7 Å². The van der Waals surface area contributed by atoms with Crippen molar-refractivity contribution in [2.45, 2.75) is 43.4 Å². The predicted molar refractivity (Wildman–Crippen MR) is 141 cm³/mol. The fourth-order valence-corrected chi connectivity index (χ4v) is 6.19.